The van der Waals surface area contributed by atoms with E-state index in [0.717, 1.165) is 30.4 Å². The van der Waals surface area contributed by atoms with E-state index >= 15 is 0 Å². The molecule has 0 heterocycles. The summed E-state index contributed by atoms with van der Waals surface area (Å²) in [5.41, 5.74) is 8.00. The van der Waals surface area contributed by atoms with Gasteiger partial charge in [0.15, 0.2) is 0 Å². The van der Waals surface area contributed by atoms with Gasteiger partial charge in [-0.2, -0.15) is 0 Å². The van der Waals surface area contributed by atoms with Gasteiger partial charge in [0.1, 0.15) is 6.04 Å². The fourth-order valence-electron chi connectivity index (χ4n) is 2.50. The minimum absolute atomic E-state index is 0. The lowest BCUT2D eigenvalue weighted by Gasteiger charge is -2.17. The number of benzene rings is 1. The van der Waals surface area contributed by atoms with Crippen LogP contribution in [0.5, 0.6) is 0 Å². The molecule has 1 aromatic rings. The third kappa shape index (κ3) is 4.20. The first-order valence-electron chi connectivity index (χ1n) is 6.75. The van der Waals surface area contributed by atoms with E-state index < -0.39 is 6.04 Å². The predicted octanol–water partition coefficient (Wildman–Crippen LogP) is 2.10. The number of methoxy groups -OCH3 is 1. The molecule has 4 nitrogen and oxygen atoms in total. The number of rotatable bonds is 4. The molecule has 5 heteroatoms. The van der Waals surface area contributed by atoms with E-state index in [1.165, 1.54) is 0 Å². The fourth-order valence-corrected chi connectivity index (χ4v) is 2.50. The number of hydrogen-bond donors (Lipinski definition) is 2. The van der Waals surface area contributed by atoms with Crippen LogP contribution in [-0.4, -0.2) is 25.2 Å². The molecule has 0 aliphatic heterocycles. The molecule has 1 saturated carbocycles. The summed E-state index contributed by atoms with van der Waals surface area (Å²) in [5.74, 6) is -0.106. The Balaban J connectivity index is 0.00000200. The van der Waals surface area contributed by atoms with Gasteiger partial charge in [0, 0.05) is 13.2 Å². The van der Waals surface area contributed by atoms with Crippen molar-refractivity contribution in [1.29, 1.82) is 0 Å². The second-order valence-electron chi connectivity index (χ2n) is 5.26. The average Bonchev–Trinajstić information content (AvgIpc) is 2.86. The third-order valence-corrected chi connectivity index (χ3v) is 3.78. The third-order valence-electron chi connectivity index (χ3n) is 3.78. The number of hydrogen-bond acceptors (Lipinski definition) is 3. The Hall–Kier alpha value is -1.10. The maximum Gasteiger partial charge on any atom is 0.241 e. The predicted molar refractivity (Wildman–Crippen MR) is 81.9 cm³/mol. The molecule has 0 bridgehead atoms. The largest absolute Gasteiger partial charge is 0.381 e. The molecule has 0 radical (unpaired) electrons. The van der Waals surface area contributed by atoms with Crippen molar-refractivity contribution in [3.05, 3.63) is 35.4 Å². The van der Waals surface area contributed by atoms with Crippen LogP contribution in [0, 0.1) is 6.92 Å². The molecule has 1 amide bonds. The lowest BCUT2D eigenvalue weighted by Crippen LogP contribution is -2.39. The molecule has 1 aliphatic carbocycles. The Bertz CT molecular complexity index is 436. The summed E-state index contributed by atoms with van der Waals surface area (Å²) in [6.45, 7) is 2.01. The first-order valence-corrected chi connectivity index (χ1v) is 6.75. The van der Waals surface area contributed by atoms with Gasteiger partial charge in [0.05, 0.1) is 6.10 Å². The molecule has 112 valence electrons. The Morgan fingerprint density at radius 3 is 2.55 bits per heavy atom. The summed E-state index contributed by atoms with van der Waals surface area (Å²) in [5, 5.41) is 3.01. The van der Waals surface area contributed by atoms with Crippen LogP contribution in [0.2, 0.25) is 0 Å². The van der Waals surface area contributed by atoms with E-state index in [2.05, 4.69) is 5.32 Å². The molecular weight excluding hydrogens is 276 g/mol. The van der Waals surface area contributed by atoms with Crippen molar-refractivity contribution in [2.75, 3.05) is 7.11 Å². The summed E-state index contributed by atoms with van der Waals surface area (Å²) in [7, 11) is 1.72. The summed E-state index contributed by atoms with van der Waals surface area (Å²) >= 11 is 0. The van der Waals surface area contributed by atoms with E-state index in [1.54, 1.807) is 7.11 Å². The average molecular weight is 299 g/mol. The molecule has 0 saturated heterocycles. The Morgan fingerprint density at radius 2 is 2.00 bits per heavy atom. The van der Waals surface area contributed by atoms with Crippen molar-refractivity contribution in [3.8, 4) is 0 Å². The van der Waals surface area contributed by atoms with Gasteiger partial charge >= 0.3 is 0 Å². The number of ether oxygens (including phenoxy) is 1. The van der Waals surface area contributed by atoms with Crippen molar-refractivity contribution in [2.24, 2.45) is 5.73 Å². The molecule has 0 aromatic heterocycles. The Morgan fingerprint density at radius 1 is 1.35 bits per heavy atom. The van der Waals surface area contributed by atoms with Crippen molar-refractivity contribution >= 4 is 18.3 Å². The lowest BCUT2D eigenvalue weighted by atomic mass is 10.0. The molecule has 20 heavy (non-hydrogen) atoms. The van der Waals surface area contributed by atoms with Gasteiger partial charge < -0.3 is 15.8 Å². The van der Waals surface area contributed by atoms with Crippen LogP contribution in [0.1, 0.15) is 36.4 Å². The summed E-state index contributed by atoms with van der Waals surface area (Å²) in [4.78, 5) is 12.1. The highest BCUT2D eigenvalue weighted by Crippen LogP contribution is 2.22. The van der Waals surface area contributed by atoms with Crippen LogP contribution in [0.25, 0.3) is 0 Å². The van der Waals surface area contributed by atoms with Gasteiger partial charge in [-0.05, 0) is 31.7 Å². The van der Waals surface area contributed by atoms with Crippen LogP contribution in [0.15, 0.2) is 24.3 Å². The molecule has 1 fully saturated rings. The van der Waals surface area contributed by atoms with Gasteiger partial charge in [-0.25, -0.2) is 0 Å². The van der Waals surface area contributed by atoms with E-state index in [4.69, 9.17) is 10.5 Å². The van der Waals surface area contributed by atoms with Gasteiger partial charge in [0.2, 0.25) is 5.91 Å². The first-order chi connectivity index (χ1) is 9.10. The maximum atomic E-state index is 12.1. The number of amides is 1. The number of halogens is 1. The first kappa shape index (κ1) is 17.0. The van der Waals surface area contributed by atoms with Gasteiger partial charge in [-0.3, -0.25) is 4.79 Å². The molecule has 3 N–H and O–H groups in total. The zero-order valence-electron chi connectivity index (χ0n) is 12.0. The molecular formula is C15H23ClN2O2. The van der Waals surface area contributed by atoms with Crippen LogP contribution in [-0.2, 0) is 9.53 Å². The molecule has 1 aromatic carbocycles. The summed E-state index contributed by atoms with van der Waals surface area (Å²) in [6, 6.07) is 7.35. The molecule has 3 atom stereocenters. The lowest BCUT2D eigenvalue weighted by molar-refractivity contribution is -0.123. The topological polar surface area (TPSA) is 64.3 Å². The van der Waals surface area contributed by atoms with Crippen LogP contribution in [0.3, 0.4) is 0 Å². The smallest absolute Gasteiger partial charge is 0.241 e. The highest BCUT2D eigenvalue weighted by molar-refractivity contribution is 5.85. The highest BCUT2D eigenvalue weighted by Gasteiger charge is 2.27. The van der Waals surface area contributed by atoms with Crippen LogP contribution >= 0.6 is 12.4 Å². The minimum Gasteiger partial charge on any atom is -0.381 e. The van der Waals surface area contributed by atoms with Gasteiger partial charge in [0.25, 0.3) is 0 Å². The molecule has 1 aliphatic rings. The van der Waals surface area contributed by atoms with Crippen LogP contribution < -0.4 is 11.1 Å². The van der Waals surface area contributed by atoms with E-state index in [-0.39, 0.29) is 30.5 Å². The second-order valence-corrected chi connectivity index (χ2v) is 5.26. The van der Waals surface area contributed by atoms with E-state index in [0.29, 0.717) is 0 Å². The number of nitrogens with one attached hydrogen (secondary N) is 1. The molecule has 2 rings (SSSR count). The molecule has 3 unspecified atom stereocenters. The van der Waals surface area contributed by atoms with E-state index in [1.807, 2.05) is 31.2 Å². The summed E-state index contributed by atoms with van der Waals surface area (Å²) < 4.78 is 5.30. The number of carbonyl (C=O) groups excluding carboxylic acids is 1. The Kier molecular flexibility index (Phi) is 6.46. The van der Waals surface area contributed by atoms with Crippen molar-refractivity contribution < 1.29 is 9.53 Å². The monoisotopic (exact) mass is 298 g/mol. The molecule has 0 spiro atoms. The standard InChI is InChI=1S/C15H22N2O2.ClH/c1-10-3-5-11(6-4-10)14(16)15(18)17-12-7-8-13(9-12)19-2;/h3-6,12-14H,7-9,16H2,1-2H3,(H,17,18);1H. The number of carbonyl (C=O) groups is 1. The Labute approximate surface area is 126 Å². The fraction of sp³-hybridized carbons (Fsp3) is 0.533. The number of nitrogens with two attached hydrogens (primary N) is 1. The maximum absolute atomic E-state index is 12.1. The van der Waals surface area contributed by atoms with Crippen molar-refractivity contribution in [3.63, 3.8) is 0 Å². The zero-order chi connectivity index (χ0) is 13.8. The van der Waals surface area contributed by atoms with Crippen molar-refractivity contribution in [2.45, 2.75) is 44.4 Å². The minimum atomic E-state index is -0.595. The van der Waals surface area contributed by atoms with E-state index in [9.17, 15) is 4.79 Å². The van der Waals surface area contributed by atoms with Gasteiger partial charge in [-0.1, -0.05) is 29.8 Å². The van der Waals surface area contributed by atoms with Crippen LogP contribution in [0.4, 0.5) is 0 Å². The normalized spacial score (nSPS) is 22.9. The summed E-state index contributed by atoms with van der Waals surface area (Å²) in [6.07, 6.45) is 3.11. The second kappa shape index (κ2) is 7.62. The highest BCUT2D eigenvalue weighted by atomic mass is 35.5. The zero-order valence-corrected chi connectivity index (χ0v) is 12.8. The van der Waals surface area contributed by atoms with Gasteiger partial charge in [-0.15, -0.1) is 12.4 Å². The number of aryl methyl sites for hydroxylation is 1. The van der Waals surface area contributed by atoms with Crippen molar-refractivity contribution in [1.82, 2.24) is 5.32 Å². The quantitative estimate of drug-likeness (QED) is 0.895. The SMILES string of the molecule is COC1CCC(NC(=O)C(N)c2ccc(C)cc2)C1.Cl.